The Hall–Kier alpha value is -3.06. The number of carbonyl (C=O) groups is 1. The van der Waals surface area contributed by atoms with Crippen LogP contribution in [0.3, 0.4) is 0 Å². The van der Waals surface area contributed by atoms with Crippen LogP contribution in [0.4, 0.5) is 8.78 Å². The van der Waals surface area contributed by atoms with Gasteiger partial charge in [-0.25, -0.2) is 13.8 Å². The molecule has 174 valence electrons. The summed E-state index contributed by atoms with van der Waals surface area (Å²) in [5.74, 6) is -0.130. The summed E-state index contributed by atoms with van der Waals surface area (Å²) >= 11 is 0. The quantitative estimate of drug-likeness (QED) is 0.516. The van der Waals surface area contributed by atoms with Gasteiger partial charge in [-0.2, -0.15) is 0 Å². The molecule has 2 aromatic carbocycles. The highest BCUT2D eigenvalue weighted by Gasteiger charge is 2.17. The lowest BCUT2D eigenvalue weighted by Crippen LogP contribution is -2.33. The Kier molecular flexibility index (Phi) is 7.50. The van der Waals surface area contributed by atoms with E-state index in [1.54, 1.807) is 0 Å². The Morgan fingerprint density at radius 2 is 1.91 bits per heavy atom. The van der Waals surface area contributed by atoms with Gasteiger partial charge in [-0.3, -0.25) is 9.69 Å². The van der Waals surface area contributed by atoms with Crippen LogP contribution in [0.1, 0.15) is 43.2 Å². The normalized spacial score (nSPS) is 15.0. The number of piperidine rings is 1. The monoisotopic (exact) mass is 453 g/mol. The van der Waals surface area contributed by atoms with Gasteiger partial charge < -0.3 is 9.73 Å². The first-order chi connectivity index (χ1) is 16.0. The standard InChI is InChI=1S/C26H29F2N3O2/c1-18-10-12-31(13-11-18)17-20-5-3-2-4-19(20)15-29-25(32)8-9-26-30-16-24(33-26)22-7-6-21(27)14-23(22)28/h2-7,14,16,18H,8-13,15,17H2,1H3,(H,29,32). The average molecular weight is 454 g/mol. The highest BCUT2D eigenvalue weighted by molar-refractivity contribution is 5.76. The third kappa shape index (κ3) is 6.26. The number of halogens is 2. The van der Waals surface area contributed by atoms with Crippen molar-refractivity contribution in [2.75, 3.05) is 13.1 Å². The SMILES string of the molecule is CC1CCN(Cc2ccccc2CNC(=O)CCc2ncc(-c3ccc(F)cc3F)o2)CC1. The van der Waals surface area contributed by atoms with E-state index < -0.39 is 11.6 Å². The number of benzene rings is 2. The third-order valence-corrected chi connectivity index (χ3v) is 6.18. The van der Waals surface area contributed by atoms with Crippen molar-refractivity contribution in [3.63, 3.8) is 0 Å². The van der Waals surface area contributed by atoms with E-state index in [1.807, 2.05) is 12.1 Å². The van der Waals surface area contributed by atoms with Gasteiger partial charge in [0.2, 0.25) is 5.91 Å². The van der Waals surface area contributed by atoms with Gasteiger partial charge >= 0.3 is 0 Å². The van der Waals surface area contributed by atoms with Crippen molar-refractivity contribution in [3.8, 4) is 11.3 Å². The Balaban J connectivity index is 1.28. The molecule has 2 heterocycles. The van der Waals surface area contributed by atoms with E-state index in [9.17, 15) is 13.6 Å². The fraction of sp³-hybridized carbons (Fsp3) is 0.385. The Labute approximate surface area is 192 Å². The summed E-state index contributed by atoms with van der Waals surface area (Å²) in [5, 5.41) is 2.98. The van der Waals surface area contributed by atoms with E-state index >= 15 is 0 Å². The Morgan fingerprint density at radius 3 is 2.67 bits per heavy atom. The number of hydrogen-bond donors (Lipinski definition) is 1. The van der Waals surface area contributed by atoms with E-state index in [0.717, 1.165) is 43.2 Å². The highest BCUT2D eigenvalue weighted by Crippen LogP contribution is 2.24. The fourth-order valence-electron chi connectivity index (χ4n) is 4.09. The zero-order valence-corrected chi connectivity index (χ0v) is 18.8. The largest absolute Gasteiger partial charge is 0.441 e. The number of aromatic nitrogens is 1. The lowest BCUT2D eigenvalue weighted by atomic mass is 9.98. The molecule has 1 aliphatic heterocycles. The van der Waals surface area contributed by atoms with Gasteiger partial charge in [0.05, 0.1) is 11.8 Å². The molecule has 1 amide bonds. The summed E-state index contributed by atoms with van der Waals surface area (Å²) in [5.41, 5.74) is 2.50. The number of nitrogens with one attached hydrogen (secondary N) is 1. The maximum Gasteiger partial charge on any atom is 0.220 e. The van der Waals surface area contributed by atoms with Gasteiger partial charge in [0.15, 0.2) is 11.7 Å². The number of rotatable bonds is 8. The topological polar surface area (TPSA) is 58.4 Å². The number of aryl methyl sites for hydroxylation is 1. The zero-order chi connectivity index (χ0) is 23.2. The molecule has 0 saturated carbocycles. The summed E-state index contributed by atoms with van der Waals surface area (Å²) < 4.78 is 32.6. The predicted octanol–water partition coefficient (Wildman–Crippen LogP) is 5.10. The minimum Gasteiger partial charge on any atom is -0.441 e. The molecule has 1 N–H and O–H groups in total. The van der Waals surface area contributed by atoms with Crippen molar-refractivity contribution in [2.45, 2.75) is 45.7 Å². The molecular weight excluding hydrogens is 424 g/mol. The minimum absolute atomic E-state index is 0.107. The Morgan fingerprint density at radius 1 is 1.15 bits per heavy atom. The molecule has 33 heavy (non-hydrogen) atoms. The van der Waals surface area contributed by atoms with Gasteiger partial charge in [0.1, 0.15) is 11.6 Å². The second-order valence-electron chi connectivity index (χ2n) is 8.75. The third-order valence-electron chi connectivity index (χ3n) is 6.18. The van der Waals surface area contributed by atoms with Gasteiger partial charge in [-0.05, 0) is 55.1 Å². The first-order valence-electron chi connectivity index (χ1n) is 11.4. The van der Waals surface area contributed by atoms with Crippen LogP contribution < -0.4 is 5.32 Å². The van der Waals surface area contributed by atoms with Crippen LogP contribution in [0, 0.1) is 17.6 Å². The van der Waals surface area contributed by atoms with E-state index in [1.165, 1.54) is 30.7 Å². The second-order valence-corrected chi connectivity index (χ2v) is 8.75. The number of hydrogen-bond acceptors (Lipinski definition) is 4. The highest BCUT2D eigenvalue weighted by atomic mass is 19.1. The van der Waals surface area contributed by atoms with E-state index in [-0.39, 0.29) is 23.7 Å². The molecule has 1 saturated heterocycles. The lowest BCUT2D eigenvalue weighted by molar-refractivity contribution is -0.121. The molecule has 1 aliphatic rings. The molecule has 0 spiro atoms. The number of nitrogens with zero attached hydrogens (tertiary/aromatic N) is 2. The molecule has 0 bridgehead atoms. The maximum atomic E-state index is 13.9. The van der Waals surface area contributed by atoms with Crippen molar-refractivity contribution in [2.24, 2.45) is 5.92 Å². The van der Waals surface area contributed by atoms with Crippen molar-refractivity contribution in [1.29, 1.82) is 0 Å². The van der Waals surface area contributed by atoms with Crippen LogP contribution in [-0.2, 0) is 24.3 Å². The van der Waals surface area contributed by atoms with Crippen molar-refractivity contribution < 1.29 is 18.0 Å². The Bertz CT molecular complexity index is 1090. The van der Waals surface area contributed by atoms with E-state index in [0.29, 0.717) is 18.9 Å². The van der Waals surface area contributed by atoms with Crippen LogP contribution in [-0.4, -0.2) is 28.9 Å². The maximum absolute atomic E-state index is 13.9. The van der Waals surface area contributed by atoms with Gasteiger partial charge in [-0.1, -0.05) is 31.2 Å². The second kappa shape index (κ2) is 10.7. The minimum atomic E-state index is -0.715. The molecule has 4 rings (SSSR count). The molecule has 5 nitrogen and oxygen atoms in total. The summed E-state index contributed by atoms with van der Waals surface area (Å²) in [7, 11) is 0. The predicted molar refractivity (Wildman–Crippen MR) is 122 cm³/mol. The number of amides is 1. The molecule has 1 fully saturated rings. The molecule has 0 atom stereocenters. The van der Waals surface area contributed by atoms with Crippen LogP contribution in [0.25, 0.3) is 11.3 Å². The van der Waals surface area contributed by atoms with Crippen LogP contribution >= 0.6 is 0 Å². The smallest absolute Gasteiger partial charge is 0.220 e. The van der Waals surface area contributed by atoms with E-state index in [2.05, 4.69) is 34.3 Å². The van der Waals surface area contributed by atoms with Gasteiger partial charge in [-0.15, -0.1) is 0 Å². The van der Waals surface area contributed by atoms with Gasteiger partial charge in [0.25, 0.3) is 0 Å². The number of carbonyl (C=O) groups excluding carboxylic acids is 1. The van der Waals surface area contributed by atoms with Crippen molar-refractivity contribution >= 4 is 5.91 Å². The molecule has 0 unspecified atom stereocenters. The first kappa shape index (κ1) is 23.1. The molecule has 1 aromatic heterocycles. The molecular formula is C26H29F2N3O2. The fourth-order valence-corrected chi connectivity index (χ4v) is 4.09. The summed E-state index contributed by atoms with van der Waals surface area (Å²) in [6, 6.07) is 11.5. The summed E-state index contributed by atoms with van der Waals surface area (Å²) in [6.45, 7) is 5.90. The van der Waals surface area contributed by atoms with E-state index in [4.69, 9.17) is 4.42 Å². The van der Waals surface area contributed by atoms with Crippen molar-refractivity contribution in [3.05, 3.63) is 77.3 Å². The van der Waals surface area contributed by atoms with Crippen LogP contribution in [0.5, 0.6) is 0 Å². The zero-order valence-electron chi connectivity index (χ0n) is 18.8. The molecule has 0 radical (unpaired) electrons. The lowest BCUT2D eigenvalue weighted by Gasteiger charge is -2.30. The molecule has 7 heteroatoms. The van der Waals surface area contributed by atoms with Crippen LogP contribution in [0.2, 0.25) is 0 Å². The molecule has 0 aliphatic carbocycles. The molecule has 3 aromatic rings. The first-order valence-corrected chi connectivity index (χ1v) is 11.4. The van der Waals surface area contributed by atoms with Crippen LogP contribution in [0.15, 0.2) is 53.1 Å². The average Bonchev–Trinajstić information content (AvgIpc) is 3.27. The van der Waals surface area contributed by atoms with Crippen molar-refractivity contribution in [1.82, 2.24) is 15.2 Å². The summed E-state index contributed by atoms with van der Waals surface area (Å²) in [4.78, 5) is 19.0. The summed E-state index contributed by atoms with van der Waals surface area (Å²) in [6.07, 6.45) is 4.35. The number of likely N-dealkylation sites (tertiary alicyclic amines) is 1. The van der Waals surface area contributed by atoms with Gasteiger partial charge in [0, 0.05) is 32.0 Å². The number of oxazole rings is 1.